The van der Waals surface area contributed by atoms with E-state index < -0.39 is 0 Å². The average molecular weight is 345 g/mol. The van der Waals surface area contributed by atoms with Crippen molar-refractivity contribution in [2.24, 2.45) is 0 Å². The molecule has 4 heterocycles. The number of thiophene rings is 1. The van der Waals surface area contributed by atoms with Crippen LogP contribution in [0.2, 0.25) is 0 Å². The van der Waals surface area contributed by atoms with E-state index >= 15 is 0 Å². The quantitative estimate of drug-likeness (QED) is 0.856. The number of aromatic nitrogens is 2. The highest BCUT2D eigenvalue weighted by molar-refractivity contribution is 7.10. The fourth-order valence-corrected chi connectivity index (χ4v) is 4.80. The average Bonchev–Trinajstić information content (AvgIpc) is 3.27. The van der Waals surface area contributed by atoms with E-state index in [2.05, 4.69) is 21.4 Å². The first-order chi connectivity index (χ1) is 11.8. The first-order valence-electron chi connectivity index (χ1n) is 8.76. The smallest absolute Gasteiger partial charge is 0.225 e. The minimum Gasteiger partial charge on any atom is -0.372 e. The number of ether oxygens (including phenoxy) is 1. The van der Waals surface area contributed by atoms with Gasteiger partial charge in [-0.2, -0.15) is 5.10 Å². The summed E-state index contributed by atoms with van der Waals surface area (Å²) in [5, 5.41) is 6.41. The molecular formula is C18H23N3O2S. The lowest BCUT2D eigenvalue weighted by Gasteiger charge is -2.37. The summed E-state index contributed by atoms with van der Waals surface area (Å²) < 4.78 is 7.85. The van der Waals surface area contributed by atoms with Crippen LogP contribution >= 0.6 is 11.3 Å². The number of piperidine rings is 1. The number of hydrogen-bond acceptors (Lipinski definition) is 4. The highest BCUT2D eigenvalue weighted by Crippen LogP contribution is 2.35. The van der Waals surface area contributed by atoms with Crippen molar-refractivity contribution in [1.29, 1.82) is 0 Å². The van der Waals surface area contributed by atoms with Crippen molar-refractivity contribution in [3.05, 3.63) is 40.3 Å². The van der Waals surface area contributed by atoms with E-state index in [0.29, 0.717) is 6.42 Å². The molecule has 1 saturated heterocycles. The molecular weight excluding hydrogens is 322 g/mol. The Morgan fingerprint density at radius 3 is 3.25 bits per heavy atom. The summed E-state index contributed by atoms with van der Waals surface area (Å²) in [6.07, 6.45) is 8.47. The number of hydrogen-bond donors (Lipinski definition) is 0. The van der Waals surface area contributed by atoms with Crippen LogP contribution in [-0.4, -0.2) is 39.8 Å². The van der Waals surface area contributed by atoms with Crippen LogP contribution in [0.5, 0.6) is 0 Å². The number of likely N-dealkylation sites (tertiary alicyclic amines) is 1. The van der Waals surface area contributed by atoms with Crippen LogP contribution in [0.3, 0.4) is 0 Å². The zero-order chi connectivity index (χ0) is 16.4. The molecule has 2 aromatic heterocycles. The molecule has 0 aliphatic carbocycles. The molecule has 0 unspecified atom stereocenters. The molecule has 24 heavy (non-hydrogen) atoms. The maximum absolute atomic E-state index is 13.0. The fraction of sp³-hybridized carbons (Fsp3) is 0.556. The molecule has 2 aromatic rings. The zero-order valence-corrected chi connectivity index (χ0v) is 14.6. The van der Waals surface area contributed by atoms with E-state index in [9.17, 15) is 4.79 Å². The Hall–Kier alpha value is -1.66. The van der Waals surface area contributed by atoms with Gasteiger partial charge in [-0.1, -0.05) is 0 Å². The van der Waals surface area contributed by atoms with Gasteiger partial charge in [0.1, 0.15) is 6.10 Å². The predicted molar refractivity (Wildman–Crippen MR) is 92.9 cm³/mol. The summed E-state index contributed by atoms with van der Waals surface area (Å²) in [6.45, 7) is 2.36. The first-order valence-corrected chi connectivity index (χ1v) is 9.64. The van der Waals surface area contributed by atoms with E-state index in [1.165, 1.54) is 16.9 Å². The Morgan fingerprint density at radius 2 is 2.38 bits per heavy atom. The van der Waals surface area contributed by atoms with Crippen LogP contribution in [-0.2, 0) is 22.5 Å². The van der Waals surface area contributed by atoms with Gasteiger partial charge >= 0.3 is 0 Å². The maximum atomic E-state index is 13.0. The van der Waals surface area contributed by atoms with E-state index in [0.717, 1.165) is 39.0 Å². The normalized spacial score (nSPS) is 23.9. The second kappa shape index (κ2) is 7.07. The number of nitrogens with zero attached hydrogens (tertiary/aromatic N) is 3. The molecule has 128 valence electrons. The molecule has 0 aromatic carbocycles. The Bertz CT molecular complexity index is 682. The minimum atomic E-state index is -0.0615. The minimum absolute atomic E-state index is 0.0615. The molecule has 2 atom stereocenters. The fourth-order valence-electron chi connectivity index (χ4n) is 3.79. The largest absolute Gasteiger partial charge is 0.372 e. The summed E-state index contributed by atoms with van der Waals surface area (Å²) in [7, 11) is 0. The van der Waals surface area contributed by atoms with Gasteiger partial charge in [0.05, 0.1) is 25.6 Å². The highest BCUT2D eigenvalue weighted by atomic mass is 32.1. The van der Waals surface area contributed by atoms with Crippen molar-refractivity contribution < 1.29 is 9.53 Å². The molecule has 2 aliphatic rings. The van der Waals surface area contributed by atoms with Gasteiger partial charge in [-0.3, -0.25) is 9.48 Å². The molecule has 0 saturated carbocycles. The van der Waals surface area contributed by atoms with Gasteiger partial charge in [-0.25, -0.2) is 0 Å². The van der Waals surface area contributed by atoms with Crippen molar-refractivity contribution in [3.8, 4) is 0 Å². The molecule has 6 heteroatoms. The van der Waals surface area contributed by atoms with Crippen molar-refractivity contribution >= 4 is 17.2 Å². The third-order valence-corrected chi connectivity index (χ3v) is 6.08. The van der Waals surface area contributed by atoms with Crippen molar-refractivity contribution in [3.63, 3.8) is 0 Å². The molecule has 1 amide bonds. The van der Waals surface area contributed by atoms with Gasteiger partial charge in [0.15, 0.2) is 0 Å². The molecule has 0 spiro atoms. The number of carbonyl (C=O) groups is 1. The highest BCUT2D eigenvalue weighted by Gasteiger charge is 2.31. The van der Waals surface area contributed by atoms with E-state index in [-0.39, 0.29) is 18.1 Å². The Labute approximate surface area is 146 Å². The molecule has 0 radical (unpaired) electrons. The Morgan fingerprint density at radius 1 is 1.42 bits per heavy atom. The van der Waals surface area contributed by atoms with Crippen molar-refractivity contribution in [2.45, 2.75) is 50.8 Å². The molecule has 2 aliphatic heterocycles. The van der Waals surface area contributed by atoms with Crippen LogP contribution in [0.15, 0.2) is 29.9 Å². The van der Waals surface area contributed by atoms with E-state index in [1.807, 2.05) is 16.9 Å². The number of fused-ring (bicyclic) bond motifs is 1. The monoisotopic (exact) mass is 345 g/mol. The number of carbonyl (C=O) groups excluding carboxylic acids is 1. The summed E-state index contributed by atoms with van der Waals surface area (Å²) in [4.78, 5) is 16.3. The predicted octanol–water partition coefficient (Wildman–Crippen LogP) is 3.03. The van der Waals surface area contributed by atoms with Crippen molar-refractivity contribution in [1.82, 2.24) is 14.7 Å². The summed E-state index contributed by atoms with van der Waals surface area (Å²) in [5.74, 6) is 0.220. The van der Waals surface area contributed by atoms with Gasteiger partial charge in [-0.05, 0) is 48.8 Å². The van der Waals surface area contributed by atoms with Gasteiger partial charge in [0.25, 0.3) is 0 Å². The van der Waals surface area contributed by atoms with E-state index in [1.54, 1.807) is 17.5 Å². The standard InChI is InChI=1S/C18H23N3O2S/c22-17(12-16-18-14(5-10-23-16)6-11-24-18)21-9-2-1-4-15(21)13-20-8-3-7-19-20/h3,6-8,11,15-16H,1-2,4-5,9-10,12-13H2/t15-,16+/m1/s1. The van der Waals surface area contributed by atoms with Gasteiger partial charge in [-0.15, -0.1) is 11.3 Å². The SMILES string of the molecule is O=C(C[C@@H]1OCCc2ccsc21)N1CCCC[C@@H]1Cn1cccn1. The molecule has 1 fully saturated rings. The molecule has 4 rings (SSSR count). The lowest BCUT2D eigenvalue weighted by molar-refractivity contribution is -0.138. The van der Waals surface area contributed by atoms with Crippen LogP contribution < -0.4 is 0 Å². The van der Waals surface area contributed by atoms with Gasteiger partial charge < -0.3 is 9.64 Å². The zero-order valence-electron chi connectivity index (χ0n) is 13.8. The second-order valence-electron chi connectivity index (χ2n) is 6.59. The third kappa shape index (κ3) is 3.26. The van der Waals surface area contributed by atoms with Crippen molar-refractivity contribution in [2.75, 3.05) is 13.2 Å². The van der Waals surface area contributed by atoms with Crippen LogP contribution in [0.1, 0.15) is 42.2 Å². The third-order valence-electron chi connectivity index (χ3n) is 5.03. The Balaban J connectivity index is 1.44. The molecule has 5 nitrogen and oxygen atoms in total. The second-order valence-corrected chi connectivity index (χ2v) is 7.54. The van der Waals surface area contributed by atoms with E-state index in [4.69, 9.17) is 4.74 Å². The number of amides is 1. The maximum Gasteiger partial charge on any atom is 0.225 e. The summed E-state index contributed by atoms with van der Waals surface area (Å²) in [5.41, 5.74) is 1.36. The lowest BCUT2D eigenvalue weighted by Crippen LogP contribution is -2.46. The van der Waals surface area contributed by atoms with Gasteiger partial charge in [0, 0.05) is 23.8 Å². The summed E-state index contributed by atoms with van der Waals surface area (Å²) in [6, 6.07) is 4.35. The topological polar surface area (TPSA) is 47.4 Å². The van der Waals surface area contributed by atoms with Crippen LogP contribution in [0, 0.1) is 0 Å². The number of rotatable bonds is 4. The molecule has 0 N–H and O–H groups in total. The lowest BCUT2D eigenvalue weighted by atomic mass is 10.00. The van der Waals surface area contributed by atoms with Gasteiger partial charge in [0.2, 0.25) is 5.91 Å². The molecule has 0 bridgehead atoms. The van der Waals surface area contributed by atoms with Crippen LogP contribution in [0.4, 0.5) is 0 Å². The summed E-state index contributed by atoms with van der Waals surface area (Å²) >= 11 is 1.72. The first kappa shape index (κ1) is 15.8. The Kier molecular flexibility index (Phi) is 4.67. The van der Waals surface area contributed by atoms with Crippen LogP contribution in [0.25, 0.3) is 0 Å².